The lowest BCUT2D eigenvalue weighted by molar-refractivity contribution is 0.659. The first-order valence-electron chi connectivity index (χ1n) is 39.6. The largest absolute Gasteiger partial charge is 0.310 e. The minimum Gasteiger partial charge on any atom is -0.310 e. The topological polar surface area (TPSA) is 6.48 Å². The van der Waals surface area contributed by atoms with Crippen molar-refractivity contribution in [1.29, 1.82) is 0 Å². The molecule has 6 aliphatic carbocycles. The van der Waals surface area contributed by atoms with Gasteiger partial charge in [-0.25, -0.2) is 0 Å². The molecule has 22 rings (SSSR count). The first kappa shape index (κ1) is 65.0. The fraction of sp³-hybridized carbons (Fsp3) is 0.167. The molecule has 0 spiro atoms. The van der Waals surface area contributed by atoms with Crippen LogP contribution in [0.5, 0.6) is 0 Å². The lowest BCUT2D eigenvalue weighted by atomic mass is 9.80. The summed E-state index contributed by atoms with van der Waals surface area (Å²) in [5.41, 5.74) is 43.0. The molecule has 0 amide bonds. The minimum atomic E-state index is -0.316. The zero-order valence-corrected chi connectivity index (χ0v) is 64.8. The van der Waals surface area contributed by atoms with Gasteiger partial charge in [-0.1, -0.05) is 289 Å². The summed E-state index contributed by atoms with van der Waals surface area (Å²) in [5, 5.41) is 7.59. The first-order chi connectivity index (χ1) is 53.1. The molecule has 0 aromatic heterocycles. The molecule has 110 heavy (non-hydrogen) atoms. The van der Waals surface area contributed by atoms with E-state index in [4.69, 9.17) is 0 Å². The second kappa shape index (κ2) is 22.3. The Labute approximate surface area is 646 Å². The smallest absolute Gasteiger partial charge is 0.0465 e. The van der Waals surface area contributed by atoms with Gasteiger partial charge in [0.1, 0.15) is 0 Å². The fourth-order valence-electron chi connectivity index (χ4n) is 21.7. The molecule has 0 saturated carbocycles. The molecule has 0 bridgehead atoms. The Morgan fingerprint density at radius 2 is 0.364 bits per heavy atom. The number of hydrogen-bond donors (Lipinski definition) is 0. The molecule has 0 fully saturated rings. The molecule has 16 aromatic rings. The van der Waals surface area contributed by atoms with Crippen LogP contribution in [0, 0.1) is 0 Å². The molecule has 0 aliphatic heterocycles. The molecule has 0 atom stereocenters. The predicted molar refractivity (Wildman–Crippen MR) is 465 cm³/mol. The van der Waals surface area contributed by atoms with Crippen LogP contribution in [0.4, 0.5) is 34.1 Å². The van der Waals surface area contributed by atoms with E-state index >= 15 is 0 Å². The van der Waals surface area contributed by atoms with Crippen LogP contribution in [0.25, 0.3) is 121 Å². The predicted octanol–water partition coefficient (Wildman–Crippen LogP) is 29.3. The highest BCUT2D eigenvalue weighted by atomic mass is 15.1. The van der Waals surface area contributed by atoms with Crippen LogP contribution < -0.4 is 9.80 Å². The van der Waals surface area contributed by atoms with Gasteiger partial charge in [0.15, 0.2) is 0 Å². The minimum absolute atomic E-state index is 0.152. The molecule has 528 valence electrons. The van der Waals surface area contributed by atoms with Crippen LogP contribution in [-0.4, -0.2) is 0 Å². The number of benzene rings is 16. The molecular formula is C108H86N2. The third-order valence-electron chi connectivity index (χ3n) is 27.6. The van der Waals surface area contributed by atoms with Crippen molar-refractivity contribution in [2.75, 3.05) is 9.80 Å². The molecule has 16 aromatic carbocycles. The fourth-order valence-corrected chi connectivity index (χ4v) is 21.7. The number of fused-ring (bicyclic) bond motifs is 23. The van der Waals surface area contributed by atoms with Gasteiger partial charge in [-0.2, -0.15) is 0 Å². The van der Waals surface area contributed by atoms with Crippen LogP contribution >= 0.6 is 0 Å². The Morgan fingerprint density at radius 1 is 0.164 bits per heavy atom. The van der Waals surface area contributed by atoms with Crippen molar-refractivity contribution in [1.82, 2.24) is 0 Å². The summed E-state index contributed by atoms with van der Waals surface area (Å²) in [6.45, 7) is 29.0. The van der Waals surface area contributed by atoms with Crippen molar-refractivity contribution >= 4 is 66.4 Å². The van der Waals surface area contributed by atoms with Crippen LogP contribution in [0.3, 0.4) is 0 Å². The van der Waals surface area contributed by atoms with Crippen molar-refractivity contribution in [3.05, 3.63) is 370 Å². The van der Waals surface area contributed by atoms with Crippen molar-refractivity contribution in [3.8, 4) is 89.0 Å². The molecule has 0 N–H and O–H groups in total. The Balaban J connectivity index is 0.636. The monoisotopic (exact) mass is 1410 g/mol. The maximum absolute atomic E-state index is 2.54. The maximum Gasteiger partial charge on any atom is 0.0465 e. The van der Waals surface area contributed by atoms with Crippen LogP contribution in [0.15, 0.2) is 303 Å². The van der Waals surface area contributed by atoms with Crippen molar-refractivity contribution < 1.29 is 0 Å². The average molecular weight is 1410 g/mol. The molecule has 0 saturated heterocycles. The number of hydrogen-bond acceptors (Lipinski definition) is 2. The van der Waals surface area contributed by atoms with Crippen molar-refractivity contribution in [2.45, 2.75) is 116 Å². The van der Waals surface area contributed by atoms with Crippen LogP contribution in [0.1, 0.15) is 150 Å². The summed E-state index contributed by atoms with van der Waals surface area (Å²) in [4.78, 5) is 5.08. The second-order valence-electron chi connectivity index (χ2n) is 35.5. The summed E-state index contributed by atoms with van der Waals surface area (Å²) in [5.74, 6) is 0. The third kappa shape index (κ3) is 8.77. The van der Waals surface area contributed by atoms with E-state index in [1.54, 1.807) is 0 Å². The van der Waals surface area contributed by atoms with Gasteiger partial charge < -0.3 is 9.80 Å². The average Bonchev–Trinajstić information content (AvgIpc) is 0.928. The standard InChI is InChI=1S/C108H86N2/c1-103(2)90-33-21-17-27-74(90)80-47-39-66(57-96(80)103)109(67-40-48-81-75-28-18-22-34-91(75)104(3,4)97(81)58-67)70-43-51-84-78-45-37-63(55-94(78)107(9,10)100(84)61-70)88-53-65-54-89(73-26-14-16-32-87(73)102(65)86-31-15-13-25-72(86)88)64-38-46-79-85-52-44-71(62-101(85)108(11,12)95(79)56-64)110(68-41-49-82-76-29-19-23-35-92(76)105(5,6)98(82)59-68)69-42-50-83-77-30-20-24-36-93(77)106(7,8)99(83)60-69/h13-62H,1-12H3. The SMILES string of the molecule is CC1(C)c2ccccc2-c2ccc(N(c3ccc4c(c3)C(C)(C)c3ccccc3-4)c3ccc4c(c3)C(C)(C)c3cc(-c5cc6cc(-c7ccc8c(c7)C(C)(C)c7cc(N(c9ccc%10c(c9)C(C)(C)c9ccccc9-%10)c9ccc%10c(c9)C(C)(C)c9ccccc9-%10)ccc7-8)c7ccccc7c6c6ccccc56)ccc3-4)cc21. The van der Waals surface area contributed by atoms with E-state index in [9.17, 15) is 0 Å². The summed E-state index contributed by atoms with van der Waals surface area (Å²) >= 11 is 0. The summed E-state index contributed by atoms with van der Waals surface area (Å²) < 4.78 is 0. The van der Waals surface area contributed by atoms with E-state index in [2.05, 4.69) is 396 Å². The van der Waals surface area contributed by atoms with Crippen molar-refractivity contribution in [3.63, 3.8) is 0 Å². The summed E-state index contributed by atoms with van der Waals surface area (Å²) in [6.07, 6.45) is 0. The maximum atomic E-state index is 2.54. The lowest BCUT2D eigenvalue weighted by Gasteiger charge is -2.31. The Bertz CT molecular complexity index is 6180. The Hall–Kier alpha value is -12.1. The van der Waals surface area contributed by atoms with Gasteiger partial charge >= 0.3 is 0 Å². The Kier molecular flexibility index (Phi) is 13.2. The number of anilines is 6. The Morgan fingerprint density at radius 3 is 0.627 bits per heavy atom. The van der Waals surface area contributed by atoms with E-state index in [-0.39, 0.29) is 32.5 Å². The number of rotatable bonds is 8. The highest BCUT2D eigenvalue weighted by molar-refractivity contribution is 6.26. The summed E-state index contributed by atoms with van der Waals surface area (Å²) in [7, 11) is 0. The second-order valence-corrected chi connectivity index (χ2v) is 35.5. The summed E-state index contributed by atoms with van der Waals surface area (Å²) in [6, 6.07) is 118. The van der Waals surface area contributed by atoms with Gasteiger partial charge in [0.2, 0.25) is 0 Å². The van der Waals surface area contributed by atoms with Gasteiger partial charge in [-0.3, -0.25) is 0 Å². The molecule has 0 unspecified atom stereocenters. The van der Waals surface area contributed by atoms with Gasteiger partial charge in [0, 0.05) is 66.6 Å². The normalized spacial score (nSPS) is 16.1. The number of nitrogens with zero attached hydrogens (tertiary/aromatic N) is 2. The van der Waals surface area contributed by atoms with Gasteiger partial charge in [-0.05, 0) is 285 Å². The molecule has 0 heterocycles. The lowest BCUT2D eigenvalue weighted by Crippen LogP contribution is -2.19. The van der Waals surface area contributed by atoms with E-state index in [1.807, 2.05) is 0 Å². The van der Waals surface area contributed by atoms with Gasteiger partial charge in [0.25, 0.3) is 0 Å². The molecule has 2 heteroatoms. The van der Waals surface area contributed by atoms with E-state index in [0.717, 1.165) is 11.4 Å². The highest BCUT2D eigenvalue weighted by Crippen LogP contribution is 2.60. The molecule has 2 nitrogen and oxygen atoms in total. The van der Waals surface area contributed by atoms with Gasteiger partial charge in [0.05, 0.1) is 0 Å². The molecule has 0 radical (unpaired) electrons. The zero-order valence-electron chi connectivity index (χ0n) is 64.8. The molecular weight excluding hydrogens is 1330 g/mol. The third-order valence-corrected chi connectivity index (χ3v) is 27.6. The van der Waals surface area contributed by atoms with E-state index < -0.39 is 0 Å². The first-order valence-corrected chi connectivity index (χ1v) is 39.6. The van der Waals surface area contributed by atoms with E-state index in [0.29, 0.717) is 0 Å². The van der Waals surface area contributed by atoms with Crippen molar-refractivity contribution in [2.24, 2.45) is 0 Å². The molecule has 6 aliphatic rings. The van der Waals surface area contributed by atoms with E-state index in [1.165, 1.54) is 211 Å². The zero-order chi connectivity index (χ0) is 74.6. The van der Waals surface area contributed by atoms with Crippen LogP contribution in [0.2, 0.25) is 0 Å². The quantitative estimate of drug-likeness (QED) is 0.140. The highest BCUT2D eigenvalue weighted by Gasteiger charge is 2.44. The van der Waals surface area contributed by atoms with Crippen LogP contribution in [-0.2, 0) is 32.5 Å². The van der Waals surface area contributed by atoms with Gasteiger partial charge in [-0.15, -0.1) is 0 Å².